The van der Waals surface area contributed by atoms with Gasteiger partial charge in [-0.05, 0) is 6.07 Å². The summed E-state index contributed by atoms with van der Waals surface area (Å²) in [5.41, 5.74) is 7.38. The van der Waals surface area contributed by atoms with Gasteiger partial charge in [0.1, 0.15) is 11.4 Å². The van der Waals surface area contributed by atoms with E-state index in [1.807, 2.05) is 4.98 Å². The molecule has 0 atom stereocenters. The minimum atomic E-state index is -2.97. The number of hydrogen-bond donors (Lipinski definition) is 3. The predicted molar refractivity (Wildman–Crippen MR) is 44.9 cm³/mol. The van der Waals surface area contributed by atoms with Crippen LogP contribution in [0.2, 0.25) is 0 Å². The van der Waals surface area contributed by atoms with Crippen molar-refractivity contribution in [3.8, 4) is 0 Å². The second kappa shape index (κ2) is 3.44. The third-order valence-electron chi connectivity index (χ3n) is 1.57. The van der Waals surface area contributed by atoms with Gasteiger partial charge in [0.25, 0.3) is 17.9 Å². The van der Waals surface area contributed by atoms with Gasteiger partial charge < -0.3 is 16.5 Å². The van der Waals surface area contributed by atoms with Crippen molar-refractivity contribution in [2.24, 2.45) is 5.73 Å². The molecule has 0 fully saturated rings. The Morgan fingerprint density at radius 3 is 2.50 bits per heavy atom. The lowest BCUT2D eigenvalue weighted by atomic mass is 10.1. The standard InChI is InChI=1S/C7H7F2N3O2/c8-5(9)2-1-3(10)12-7(14)4(2)6(11)13/h1,5H,(H2,11,13)(H3,10,12,14). The number of hydrogen-bond acceptors (Lipinski definition) is 3. The van der Waals surface area contributed by atoms with E-state index in [1.165, 1.54) is 0 Å². The molecule has 0 radical (unpaired) electrons. The van der Waals surface area contributed by atoms with Gasteiger partial charge in [-0.2, -0.15) is 0 Å². The average Bonchev–Trinajstić information content (AvgIpc) is 2.01. The number of carbonyl (C=O) groups excluding carboxylic acids is 1. The second-order valence-electron chi connectivity index (χ2n) is 2.55. The summed E-state index contributed by atoms with van der Waals surface area (Å²) in [6.07, 6.45) is -2.97. The van der Waals surface area contributed by atoms with Crippen molar-refractivity contribution in [2.75, 3.05) is 5.73 Å². The van der Waals surface area contributed by atoms with Crippen LogP contribution in [-0.4, -0.2) is 10.9 Å². The highest BCUT2D eigenvalue weighted by Crippen LogP contribution is 2.21. The number of aromatic amines is 1. The first-order valence-corrected chi connectivity index (χ1v) is 3.54. The highest BCUT2D eigenvalue weighted by atomic mass is 19.3. The maximum atomic E-state index is 12.3. The third-order valence-corrected chi connectivity index (χ3v) is 1.57. The molecular weight excluding hydrogens is 196 g/mol. The molecule has 0 aromatic carbocycles. The van der Waals surface area contributed by atoms with E-state index in [0.717, 1.165) is 6.07 Å². The van der Waals surface area contributed by atoms with Gasteiger partial charge in [0.15, 0.2) is 0 Å². The number of rotatable bonds is 2. The monoisotopic (exact) mass is 203 g/mol. The first-order valence-electron chi connectivity index (χ1n) is 3.54. The Balaban J connectivity index is 3.53. The zero-order chi connectivity index (χ0) is 10.9. The van der Waals surface area contributed by atoms with Crippen molar-refractivity contribution in [3.05, 3.63) is 27.5 Å². The molecule has 14 heavy (non-hydrogen) atoms. The van der Waals surface area contributed by atoms with Crippen LogP contribution >= 0.6 is 0 Å². The topological polar surface area (TPSA) is 102 Å². The van der Waals surface area contributed by atoms with Crippen LogP contribution in [-0.2, 0) is 0 Å². The maximum absolute atomic E-state index is 12.3. The van der Waals surface area contributed by atoms with Crippen LogP contribution in [0.25, 0.3) is 0 Å². The normalized spacial score (nSPS) is 10.5. The summed E-state index contributed by atoms with van der Waals surface area (Å²) in [5, 5.41) is 0. The lowest BCUT2D eigenvalue weighted by Crippen LogP contribution is -2.26. The summed E-state index contributed by atoms with van der Waals surface area (Å²) in [7, 11) is 0. The Bertz CT molecular complexity index is 427. The summed E-state index contributed by atoms with van der Waals surface area (Å²) >= 11 is 0. The molecule has 0 aliphatic rings. The van der Waals surface area contributed by atoms with E-state index in [1.54, 1.807) is 0 Å². The summed E-state index contributed by atoms with van der Waals surface area (Å²) in [4.78, 5) is 23.7. The predicted octanol–water partition coefficient (Wildman–Crippen LogP) is -0.00640. The lowest BCUT2D eigenvalue weighted by Gasteiger charge is -2.05. The number of carbonyl (C=O) groups is 1. The van der Waals surface area contributed by atoms with E-state index >= 15 is 0 Å². The summed E-state index contributed by atoms with van der Waals surface area (Å²) in [6.45, 7) is 0. The van der Waals surface area contributed by atoms with Gasteiger partial charge in [-0.15, -0.1) is 0 Å². The van der Waals surface area contributed by atoms with Crippen LogP contribution in [0.4, 0.5) is 14.6 Å². The SMILES string of the molecule is NC(=O)c1c(C(F)F)cc(N)[nH]c1=O. The number of halogens is 2. The molecule has 0 saturated heterocycles. The van der Waals surface area contributed by atoms with Crippen LogP contribution < -0.4 is 17.0 Å². The molecule has 5 nitrogen and oxygen atoms in total. The van der Waals surface area contributed by atoms with Crippen LogP contribution in [0.3, 0.4) is 0 Å². The maximum Gasteiger partial charge on any atom is 0.264 e. The smallest absolute Gasteiger partial charge is 0.264 e. The van der Waals surface area contributed by atoms with E-state index in [9.17, 15) is 18.4 Å². The zero-order valence-corrected chi connectivity index (χ0v) is 6.88. The Morgan fingerprint density at radius 1 is 1.50 bits per heavy atom. The number of nitrogens with one attached hydrogen (secondary N) is 1. The quantitative estimate of drug-likeness (QED) is 0.630. The molecule has 5 N–H and O–H groups in total. The van der Waals surface area contributed by atoms with Gasteiger partial charge >= 0.3 is 0 Å². The molecule has 1 amide bonds. The minimum Gasteiger partial charge on any atom is -0.385 e. The molecule has 1 heterocycles. The van der Waals surface area contributed by atoms with Crippen molar-refractivity contribution in [1.29, 1.82) is 0 Å². The number of nitrogens with two attached hydrogens (primary N) is 2. The molecular formula is C7H7F2N3O2. The second-order valence-corrected chi connectivity index (χ2v) is 2.55. The van der Waals surface area contributed by atoms with Gasteiger partial charge in [-0.25, -0.2) is 8.78 Å². The Hall–Kier alpha value is -1.92. The number of H-pyrrole nitrogens is 1. The number of primary amides is 1. The van der Waals surface area contributed by atoms with Gasteiger partial charge in [-0.1, -0.05) is 0 Å². The fourth-order valence-corrected chi connectivity index (χ4v) is 1.03. The molecule has 0 spiro atoms. The molecule has 0 aliphatic carbocycles. The number of amides is 1. The minimum absolute atomic E-state index is 0.240. The van der Waals surface area contributed by atoms with E-state index in [2.05, 4.69) is 0 Å². The molecule has 0 saturated carbocycles. The number of nitrogen functional groups attached to an aromatic ring is 1. The first kappa shape index (κ1) is 10.2. The molecule has 1 aromatic rings. The summed E-state index contributed by atoms with van der Waals surface area (Å²) < 4.78 is 24.7. The van der Waals surface area contributed by atoms with E-state index in [-0.39, 0.29) is 5.82 Å². The average molecular weight is 203 g/mol. The third kappa shape index (κ3) is 1.70. The molecule has 1 rings (SSSR count). The van der Waals surface area contributed by atoms with Gasteiger partial charge in [-0.3, -0.25) is 9.59 Å². The lowest BCUT2D eigenvalue weighted by molar-refractivity contribution is 0.0984. The zero-order valence-electron chi connectivity index (χ0n) is 6.88. The highest BCUT2D eigenvalue weighted by Gasteiger charge is 2.20. The number of pyridine rings is 1. The van der Waals surface area contributed by atoms with Gasteiger partial charge in [0.05, 0.1) is 0 Å². The van der Waals surface area contributed by atoms with Crippen LogP contribution in [0, 0.1) is 0 Å². The van der Waals surface area contributed by atoms with Crippen molar-refractivity contribution >= 4 is 11.7 Å². The van der Waals surface area contributed by atoms with Crippen molar-refractivity contribution in [1.82, 2.24) is 4.98 Å². The number of alkyl halides is 2. The van der Waals surface area contributed by atoms with Gasteiger partial charge in [0, 0.05) is 5.56 Å². The van der Waals surface area contributed by atoms with Crippen LogP contribution in [0.15, 0.2) is 10.9 Å². The van der Waals surface area contributed by atoms with Crippen molar-refractivity contribution in [2.45, 2.75) is 6.43 Å². The number of anilines is 1. The van der Waals surface area contributed by atoms with E-state index < -0.39 is 29.0 Å². The van der Waals surface area contributed by atoms with Crippen LogP contribution in [0.1, 0.15) is 22.3 Å². The molecule has 1 aromatic heterocycles. The highest BCUT2D eigenvalue weighted by molar-refractivity contribution is 5.94. The Labute approximate surface area is 76.7 Å². The molecule has 7 heteroatoms. The molecule has 76 valence electrons. The summed E-state index contributed by atoms with van der Waals surface area (Å²) in [5.74, 6) is -1.45. The van der Waals surface area contributed by atoms with Crippen molar-refractivity contribution in [3.63, 3.8) is 0 Å². The Morgan fingerprint density at radius 2 is 2.07 bits per heavy atom. The van der Waals surface area contributed by atoms with Crippen molar-refractivity contribution < 1.29 is 13.6 Å². The molecule has 0 aliphatic heterocycles. The Kier molecular flexibility index (Phi) is 2.50. The van der Waals surface area contributed by atoms with E-state index in [4.69, 9.17) is 11.5 Å². The number of aromatic nitrogens is 1. The first-order chi connectivity index (χ1) is 6.43. The fraction of sp³-hybridized carbons (Fsp3) is 0.143. The largest absolute Gasteiger partial charge is 0.385 e. The molecule has 0 bridgehead atoms. The van der Waals surface area contributed by atoms with Crippen LogP contribution in [0.5, 0.6) is 0 Å². The summed E-state index contributed by atoms with van der Waals surface area (Å²) in [6, 6.07) is 0.812. The van der Waals surface area contributed by atoms with E-state index in [0.29, 0.717) is 0 Å². The molecule has 0 unspecified atom stereocenters. The van der Waals surface area contributed by atoms with Gasteiger partial charge in [0.2, 0.25) is 0 Å². The fourth-order valence-electron chi connectivity index (χ4n) is 1.03.